The molecule has 0 aliphatic rings. The van der Waals surface area contributed by atoms with Crippen LogP contribution in [0.2, 0.25) is 0 Å². The van der Waals surface area contributed by atoms with Gasteiger partial charge in [-0.15, -0.1) is 0 Å². The fraction of sp³-hybridized carbons (Fsp3) is 0. The van der Waals surface area contributed by atoms with Crippen LogP contribution in [0.1, 0.15) is 31.5 Å². The third kappa shape index (κ3) is 5.42. The Morgan fingerprint density at radius 1 is 0.465 bits per heavy atom. The zero-order valence-corrected chi connectivity index (χ0v) is 21.9. The summed E-state index contributed by atoms with van der Waals surface area (Å²) in [7, 11) is -2.24. The predicted octanol–water partition coefficient (Wildman–Crippen LogP) is 4.30. The maximum absolute atomic E-state index is 13.0. The van der Waals surface area contributed by atoms with Crippen molar-refractivity contribution in [3.63, 3.8) is 0 Å². The van der Waals surface area contributed by atoms with E-state index in [1.807, 2.05) is 0 Å². The van der Waals surface area contributed by atoms with Gasteiger partial charge in [-0.25, -0.2) is 29.3 Å². The fourth-order valence-corrected chi connectivity index (χ4v) is 4.25. The number of para-hydroxylation sites is 3. The molecule has 0 atom stereocenters. The second kappa shape index (κ2) is 11.0. The van der Waals surface area contributed by atoms with E-state index in [-0.39, 0.29) is 50.9 Å². The zero-order valence-electron chi connectivity index (χ0n) is 21.9. The van der Waals surface area contributed by atoms with Crippen LogP contribution in [-0.4, -0.2) is 55.5 Å². The molecule has 0 fully saturated rings. The molecule has 12 nitrogen and oxygen atoms in total. The molecule has 0 aliphatic heterocycles. The maximum atomic E-state index is 13.0. The third-order valence-electron chi connectivity index (χ3n) is 6.33. The fourth-order valence-electron chi connectivity index (χ4n) is 4.25. The van der Waals surface area contributed by atoms with E-state index in [1.165, 1.54) is 54.6 Å². The van der Waals surface area contributed by atoms with Gasteiger partial charge in [-0.3, -0.25) is 0 Å². The Kier molecular flexibility index (Phi) is 6.88. The quantitative estimate of drug-likeness (QED) is 0.240. The van der Waals surface area contributed by atoms with Gasteiger partial charge in [0, 0.05) is 16.2 Å². The number of carbonyl (C=O) groups is 3. The van der Waals surface area contributed by atoms with Crippen LogP contribution in [0.5, 0.6) is 17.2 Å². The summed E-state index contributed by atoms with van der Waals surface area (Å²) >= 11 is 0. The molecule has 0 radical (unpaired) electrons. The highest BCUT2D eigenvalue weighted by Gasteiger charge is 2.39. The monoisotopic (exact) mass is 575 g/mol. The number of benzene rings is 3. The number of rotatable bonds is 6. The maximum Gasteiger partial charge on any atom is 0.870 e. The van der Waals surface area contributed by atoms with Gasteiger partial charge in [0.2, 0.25) is 0 Å². The van der Waals surface area contributed by atoms with Crippen molar-refractivity contribution in [2.75, 3.05) is 0 Å². The van der Waals surface area contributed by atoms with Gasteiger partial charge in [0.05, 0.1) is 0 Å². The first-order chi connectivity index (χ1) is 20.8. The number of hydrogen-bond acceptors (Lipinski definition) is 12. The van der Waals surface area contributed by atoms with Crippen LogP contribution in [0.3, 0.4) is 0 Å². The largest absolute Gasteiger partial charge is 0.870 e. The van der Waals surface area contributed by atoms with Crippen LogP contribution < -0.4 is 0 Å². The average Bonchev–Trinajstić information content (AvgIpc) is 3.01. The summed E-state index contributed by atoms with van der Waals surface area (Å²) in [6.45, 7) is 0. The van der Waals surface area contributed by atoms with Gasteiger partial charge in [0.25, 0.3) is 0 Å². The SMILES string of the molecule is O=C(OB(OC(=O)c1ccc2cccc(O)c2n1)OC(=O)c1ccc2cccc(O)c2n1)c1ccc2cccc(O)c2n1. The van der Waals surface area contributed by atoms with Crippen molar-refractivity contribution in [1.29, 1.82) is 0 Å². The Bertz CT molecular complexity index is 1850. The molecule has 43 heavy (non-hydrogen) atoms. The lowest BCUT2D eigenvalue weighted by Crippen LogP contribution is -2.35. The van der Waals surface area contributed by atoms with Gasteiger partial charge in [-0.05, 0) is 36.4 Å². The molecule has 0 unspecified atom stereocenters. The normalized spacial score (nSPS) is 10.9. The van der Waals surface area contributed by atoms with E-state index in [4.69, 9.17) is 14.0 Å². The third-order valence-corrected chi connectivity index (χ3v) is 6.33. The summed E-state index contributed by atoms with van der Waals surface area (Å²) in [6.07, 6.45) is 0. The van der Waals surface area contributed by atoms with Crippen molar-refractivity contribution in [3.05, 3.63) is 108 Å². The van der Waals surface area contributed by atoms with E-state index in [0.29, 0.717) is 16.2 Å². The van der Waals surface area contributed by atoms with Gasteiger partial charge < -0.3 is 29.3 Å². The Labute approximate surface area is 241 Å². The number of carbonyl (C=O) groups excluding carboxylic acids is 3. The van der Waals surface area contributed by atoms with E-state index < -0.39 is 25.2 Å². The standard InChI is InChI=1S/C30H18BN3O9/c35-22-7-1-4-16-10-13-19(32-25(16)22)28(38)41-31(42-29(39)20-14-11-17-5-2-8-23(36)26(17)33-20)43-30(40)21-15-12-18-6-3-9-24(37)27(18)34-21/h1-15,35-37H. The molecule has 0 saturated carbocycles. The summed E-state index contributed by atoms with van der Waals surface area (Å²) in [6, 6.07) is 22.5. The first-order valence-corrected chi connectivity index (χ1v) is 12.7. The van der Waals surface area contributed by atoms with E-state index in [0.717, 1.165) is 0 Å². The minimum atomic E-state index is -2.24. The van der Waals surface area contributed by atoms with E-state index in [2.05, 4.69) is 15.0 Å². The molecule has 0 amide bonds. The molecule has 0 saturated heterocycles. The average molecular weight is 575 g/mol. The van der Waals surface area contributed by atoms with Crippen LogP contribution in [0.25, 0.3) is 32.7 Å². The minimum absolute atomic E-state index is 0.114. The van der Waals surface area contributed by atoms with Crippen LogP contribution >= 0.6 is 0 Å². The predicted molar refractivity (Wildman–Crippen MR) is 152 cm³/mol. The van der Waals surface area contributed by atoms with Crippen LogP contribution in [0, 0.1) is 0 Å². The zero-order chi connectivity index (χ0) is 30.1. The number of phenols is 3. The number of fused-ring (bicyclic) bond motifs is 3. The van der Waals surface area contributed by atoms with Crippen molar-refractivity contribution in [2.24, 2.45) is 0 Å². The summed E-state index contributed by atoms with van der Waals surface area (Å²) in [4.78, 5) is 51.4. The minimum Gasteiger partial charge on any atom is -0.506 e. The van der Waals surface area contributed by atoms with Gasteiger partial charge in [-0.2, -0.15) is 0 Å². The first-order valence-electron chi connectivity index (χ1n) is 12.7. The summed E-state index contributed by atoms with van der Waals surface area (Å²) in [5.41, 5.74) is -0.510. The van der Waals surface area contributed by atoms with E-state index >= 15 is 0 Å². The van der Waals surface area contributed by atoms with Crippen molar-refractivity contribution in [3.8, 4) is 17.2 Å². The number of phenolic OH excluding ortho intramolecular Hbond substituents is 3. The Balaban J connectivity index is 1.30. The molecule has 0 bridgehead atoms. The van der Waals surface area contributed by atoms with Crippen molar-refractivity contribution in [1.82, 2.24) is 15.0 Å². The lowest BCUT2D eigenvalue weighted by Gasteiger charge is -2.14. The molecule has 210 valence electrons. The van der Waals surface area contributed by atoms with Crippen LogP contribution in [0.4, 0.5) is 0 Å². The van der Waals surface area contributed by atoms with Gasteiger partial charge in [0.1, 0.15) is 50.9 Å². The summed E-state index contributed by atoms with van der Waals surface area (Å²) in [5.74, 6) is -3.99. The number of hydrogen-bond donors (Lipinski definition) is 3. The van der Waals surface area contributed by atoms with Crippen molar-refractivity contribution in [2.45, 2.75) is 0 Å². The van der Waals surface area contributed by atoms with Gasteiger partial charge >= 0.3 is 25.2 Å². The number of aromatic hydroxyl groups is 3. The molecule has 13 heteroatoms. The van der Waals surface area contributed by atoms with E-state index in [9.17, 15) is 29.7 Å². The Morgan fingerprint density at radius 2 is 0.767 bits per heavy atom. The molecule has 3 heterocycles. The topological polar surface area (TPSA) is 178 Å². The first kappa shape index (κ1) is 27.0. The summed E-state index contributed by atoms with van der Waals surface area (Å²) < 4.78 is 15.6. The lowest BCUT2D eigenvalue weighted by atomic mass is 10.1. The van der Waals surface area contributed by atoms with Crippen molar-refractivity contribution >= 4 is 57.9 Å². The molecule has 0 aliphatic carbocycles. The number of pyridine rings is 3. The van der Waals surface area contributed by atoms with Gasteiger partial charge in [0.15, 0.2) is 0 Å². The summed E-state index contributed by atoms with van der Waals surface area (Å²) in [5, 5.41) is 32.0. The molecule has 6 aromatic rings. The number of nitrogens with zero attached hydrogens (tertiary/aromatic N) is 3. The van der Waals surface area contributed by atoms with Crippen LogP contribution in [0.15, 0.2) is 91.0 Å². The lowest BCUT2D eigenvalue weighted by molar-refractivity contribution is 0.0403. The van der Waals surface area contributed by atoms with Gasteiger partial charge in [-0.1, -0.05) is 54.6 Å². The molecular formula is C30H18BN3O9. The highest BCUT2D eigenvalue weighted by molar-refractivity contribution is 6.45. The Morgan fingerprint density at radius 3 is 1.07 bits per heavy atom. The molecule has 3 aromatic heterocycles. The second-order valence-electron chi connectivity index (χ2n) is 9.14. The highest BCUT2D eigenvalue weighted by atomic mass is 16.8. The molecule has 3 N–H and O–H groups in total. The molecule has 0 spiro atoms. The number of aromatic nitrogens is 3. The molecular weight excluding hydrogens is 557 g/mol. The Hall–Kier alpha value is -6.24. The highest BCUT2D eigenvalue weighted by Crippen LogP contribution is 2.25. The van der Waals surface area contributed by atoms with E-state index in [1.54, 1.807) is 36.4 Å². The second-order valence-corrected chi connectivity index (χ2v) is 9.14. The smallest absolute Gasteiger partial charge is 0.506 e. The van der Waals surface area contributed by atoms with Crippen LogP contribution in [-0.2, 0) is 14.0 Å². The molecule has 3 aromatic carbocycles. The van der Waals surface area contributed by atoms with Crippen molar-refractivity contribution < 1.29 is 43.7 Å². The molecule has 6 rings (SSSR count).